The zero-order chi connectivity index (χ0) is 21.6. The number of ether oxygens (including phenoxy) is 2. The van der Waals surface area contributed by atoms with Gasteiger partial charge in [-0.3, -0.25) is 4.79 Å². The van der Waals surface area contributed by atoms with Gasteiger partial charge in [0.05, 0.1) is 16.3 Å². The predicted molar refractivity (Wildman–Crippen MR) is 118 cm³/mol. The van der Waals surface area contributed by atoms with Crippen molar-refractivity contribution in [3.63, 3.8) is 0 Å². The van der Waals surface area contributed by atoms with Crippen LogP contribution in [0.15, 0.2) is 18.3 Å². The normalized spacial score (nSPS) is 12.6. The number of thioether (sulfide) groups is 1. The molecule has 0 amide bonds. The van der Waals surface area contributed by atoms with Crippen LogP contribution in [0.5, 0.6) is 0 Å². The van der Waals surface area contributed by atoms with Crippen LogP contribution in [0.4, 0.5) is 0 Å². The van der Waals surface area contributed by atoms with Gasteiger partial charge >= 0.3 is 11.9 Å². The van der Waals surface area contributed by atoms with Gasteiger partial charge in [-0.1, -0.05) is 23.2 Å². The van der Waals surface area contributed by atoms with Crippen molar-refractivity contribution in [2.75, 3.05) is 53.6 Å². The molecule has 10 heteroatoms. The van der Waals surface area contributed by atoms with Crippen LogP contribution >= 0.6 is 35.0 Å². The fraction of sp³-hybridized carbons (Fsp3) is 0.474. The summed E-state index contributed by atoms with van der Waals surface area (Å²) < 4.78 is 10.8. The monoisotopic (exact) mass is 461 g/mol. The van der Waals surface area contributed by atoms with E-state index >= 15 is 0 Å². The summed E-state index contributed by atoms with van der Waals surface area (Å²) >= 11 is 13.5. The third-order valence-electron chi connectivity index (χ3n) is 3.86. The lowest BCUT2D eigenvalue weighted by atomic mass is 10.2. The first-order valence-electron chi connectivity index (χ1n) is 8.91. The third kappa shape index (κ3) is 7.38. The van der Waals surface area contributed by atoms with Crippen LogP contribution in [0.1, 0.15) is 10.4 Å². The number of nitrogens with one attached hydrogen (secondary N) is 1. The van der Waals surface area contributed by atoms with Gasteiger partial charge in [0, 0.05) is 35.2 Å². The van der Waals surface area contributed by atoms with E-state index in [1.165, 1.54) is 11.8 Å². The van der Waals surface area contributed by atoms with E-state index in [2.05, 4.69) is 4.98 Å². The lowest BCUT2D eigenvalue weighted by Crippen LogP contribution is -2.29. The third-order valence-corrected chi connectivity index (χ3v) is 5.39. The topological polar surface area (TPSA) is 74.9 Å². The van der Waals surface area contributed by atoms with Gasteiger partial charge in [-0.2, -0.15) is 0 Å². The van der Waals surface area contributed by atoms with Crippen LogP contribution in [0.2, 0.25) is 10.0 Å². The average Bonchev–Trinajstić information content (AvgIpc) is 3.03. The van der Waals surface area contributed by atoms with Gasteiger partial charge < -0.3 is 24.3 Å². The predicted octanol–water partition coefficient (Wildman–Crippen LogP) is 3.36. The first-order valence-corrected chi connectivity index (χ1v) is 10.7. The average molecular weight is 462 g/mol. The van der Waals surface area contributed by atoms with Gasteiger partial charge in [-0.25, -0.2) is 4.79 Å². The minimum absolute atomic E-state index is 0.0868. The number of fused-ring (bicyclic) bond motifs is 1. The Bertz CT molecular complexity index is 857. The van der Waals surface area contributed by atoms with Crippen LogP contribution in [-0.4, -0.2) is 85.8 Å². The van der Waals surface area contributed by atoms with Crippen molar-refractivity contribution in [3.05, 3.63) is 33.9 Å². The van der Waals surface area contributed by atoms with Crippen molar-refractivity contribution in [3.8, 4) is 0 Å². The van der Waals surface area contributed by atoms with Crippen LogP contribution < -0.4 is 0 Å². The molecule has 2 rings (SSSR count). The lowest BCUT2D eigenvalue weighted by molar-refractivity contribution is -0.140. The zero-order valence-corrected chi connectivity index (χ0v) is 19.2. The standard InChI is InChI=1S/C19H25Cl2N3O4S/c1-23(2)5-6-27-16(25)11-29-17(10-24(3)4)28-19(26)13-9-22-15-8-12(20)7-14(21)18(13)15/h7-9,17,22H,5-6,10-11H2,1-4H3. The molecule has 1 unspecified atom stereocenters. The summed E-state index contributed by atoms with van der Waals surface area (Å²) in [5.74, 6) is -0.786. The smallest absolute Gasteiger partial charge is 0.341 e. The van der Waals surface area contributed by atoms with Gasteiger partial charge in [0.15, 0.2) is 5.44 Å². The number of halogens is 2. The maximum absolute atomic E-state index is 12.8. The Morgan fingerprint density at radius 1 is 1.17 bits per heavy atom. The lowest BCUT2D eigenvalue weighted by Gasteiger charge is -2.20. The number of carbonyl (C=O) groups excluding carboxylic acids is 2. The van der Waals surface area contributed by atoms with E-state index < -0.39 is 11.4 Å². The van der Waals surface area contributed by atoms with E-state index in [0.717, 1.165) is 0 Å². The molecule has 0 aliphatic carbocycles. The van der Waals surface area contributed by atoms with E-state index in [1.54, 1.807) is 18.3 Å². The van der Waals surface area contributed by atoms with Crippen LogP contribution in [0.3, 0.4) is 0 Å². The van der Waals surface area contributed by atoms with Crippen LogP contribution in [0.25, 0.3) is 10.9 Å². The van der Waals surface area contributed by atoms with Crippen LogP contribution in [-0.2, 0) is 14.3 Å². The fourth-order valence-corrected chi connectivity index (χ4v) is 4.05. The minimum atomic E-state index is -0.546. The molecule has 1 N–H and O–H groups in total. The number of esters is 2. The molecule has 1 aromatic heterocycles. The molecule has 0 fully saturated rings. The van der Waals surface area contributed by atoms with Gasteiger partial charge in [0.1, 0.15) is 6.61 Å². The minimum Gasteiger partial charge on any atom is -0.464 e. The molecule has 0 saturated carbocycles. The van der Waals surface area contributed by atoms with E-state index in [-0.39, 0.29) is 11.7 Å². The number of aromatic nitrogens is 1. The summed E-state index contributed by atoms with van der Waals surface area (Å²) in [6.07, 6.45) is 1.54. The highest BCUT2D eigenvalue weighted by Gasteiger charge is 2.22. The Kier molecular flexibility index (Phi) is 9.10. The number of likely N-dealkylation sites (N-methyl/N-ethyl adjacent to an activating group) is 2. The number of benzene rings is 1. The van der Waals surface area contributed by atoms with Gasteiger partial charge in [0.2, 0.25) is 0 Å². The Morgan fingerprint density at radius 3 is 2.55 bits per heavy atom. The molecule has 160 valence electrons. The summed E-state index contributed by atoms with van der Waals surface area (Å²) in [5.41, 5.74) is 0.422. The molecular formula is C19H25Cl2N3O4S. The zero-order valence-electron chi connectivity index (χ0n) is 16.8. The quantitative estimate of drug-likeness (QED) is 0.429. The van der Waals surface area contributed by atoms with E-state index in [0.29, 0.717) is 46.2 Å². The second kappa shape index (κ2) is 11.1. The molecule has 0 radical (unpaired) electrons. The van der Waals surface area contributed by atoms with E-state index in [1.807, 2.05) is 38.0 Å². The number of aromatic amines is 1. The second-order valence-corrected chi connectivity index (χ2v) is 8.94. The van der Waals surface area contributed by atoms with Gasteiger partial charge in [-0.15, -0.1) is 11.8 Å². The van der Waals surface area contributed by atoms with Crippen molar-refractivity contribution >= 4 is 57.8 Å². The molecule has 0 aliphatic heterocycles. The molecule has 0 aliphatic rings. The summed E-state index contributed by atoms with van der Waals surface area (Å²) in [6.45, 7) is 1.42. The van der Waals surface area contributed by atoms with Crippen LogP contribution in [0, 0.1) is 0 Å². The highest BCUT2D eigenvalue weighted by Crippen LogP contribution is 2.31. The van der Waals surface area contributed by atoms with E-state index in [9.17, 15) is 9.59 Å². The molecular weight excluding hydrogens is 437 g/mol. The largest absolute Gasteiger partial charge is 0.464 e. The molecule has 1 aromatic carbocycles. The number of carbonyl (C=O) groups is 2. The van der Waals surface area contributed by atoms with Crippen molar-refractivity contribution in [1.82, 2.24) is 14.8 Å². The number of nitrogens with zero attached hydrogens (tertiary/aromatic N) is 2. The Balaban J connectivity index is 2.02. The first-order chi connectivity index (χ1) is 13.7. The number of hydrogen-bond donors (Lipinski definition) is 1. The highest BCUT2D eigenvalue weighted by atomic mass is 35.5. The number of rotatable bonds is 10. The molecule has 0 bridgehead atoms. The highest BCUT2D eigenvalue weighted by molar-refractivity contribution is 8.00. The van der Waals surface area contributed by atoms with E-state index in [4.69, 9.17) is 32.7 Å². The molecule has 2 aromatic rings. The van der Waals surface area contributed by atoms with Crippen molar-refractivity contribution in [1.29, 1.82) is 0 Å². The van der Waals surface area contributed by atoms with Crippen molar-refractivity contribution < 1.29 is 19.1 Å². The second-order valence-electron chi connectivity index (χ2n) is 6.94. The summed E-state index contributed by atoms with van der Waals surface area (Å²) in [7, 11) is 7.53. The fourth-order valence-electron chi connectivity index (χ4n) is 2.49. The summed E-state index contributed by atoms with van der Waals surface area (Å²) in [5, 5.41) is 1.39. The van der Waals surface area contributed by atoms with Crippen molar-refractivity contribution in [2.24, 2.45) is 0 Å². The number of H-pyrrole nitrogens is 1. The maximum Gasteiger partial charge on any atom is 0.341 e. The van der Waals surface area contributed by atoms with Crippen molar-refractivity contribution in [2.45, 2.75) is 5.44 Å². The SMILES string of the molecule is CN(C)CCOC(=O)CSC(CN(C)C)OC(=O)c1c[nH]c2cc(Cl)cc(Cl)c12. The maximum atomic E-state index is 12.8. The Labute approximate surface area is 184 Å². The molecule has 1 atom stereocenters. The molecule has 1 heterocycles. The van der Waals surface area contributed by atoms with Gasteiger partial charge in [-0.05, 0) is 40.3 Å². The molecule has 7 nitrogen and oxygen atoms in total. The first kappa shape index (κ1) is 23.8. The molecule has 0 saturated heterocycles. The Morgan fingerprint density at radius 2 is 1.90 bits per heavy atom. The molecule has 0 spiro atoms. The summed E-state index contributed by atoms with van der Waals surface area (Å²) in [4.78, 5) is 31.5. The molecule has 29 heavy (non-hydrogen) atoms. The Hall–Kier alpha value is -1.45. The summed E-state index contributed by atoms with van der Waals surface area (Å²) in [6, 6.07) is 3.27. The van der Waals surface area contributed by atoms with Gasteiger partial charge in [0.25, 0.3) is 0 Å². The number of hydrogen-bond acceptors (Lipinski definition) is 7.